The lowest BCUT2D eigenvalue weighted by Gasteiger charge is -2.36. The molecule has 0 aromatic rings. The summed E-state index contributed by atoms with van der Waals surface area (Å²) in [5, 5.41) is 0. The molecule has 0 unspecified atom stereocenters. The molecule has 0 bridgehead atoms. The summed E-state index contributed by atoms with van der Waals surface area (Å²) in [5.74, 6) is 0. The van der Waals surface area contributed by atoms with Gasteiger partial charge in [0.2, 0.25) is 0 Å². The van der Waals surface area contributed by atoms with Crippen LogP contribution in [0, 0.1) is 0 Å². The zero-order chi connectivity index (χ0) is 13.1. The molecule has 0 saturated heterocycles. The molecule has 0 aromatic carbocycles. The van der Waals surface area contributed by atoms with Gasteiger partial charge in [-0.15, -0.1) is 0 Å². The first-order valence-electron chi connectivity index (χ1n) is 3.87. The molecule has 0 fully saturated rings. The molecule has 0 N–H and O–H groups in total. The molecule has 15 heavy (non-hydrogen) atoms. The van der Waals surface area contributed by atoms with Gasteiger partial charge >= 0.3 is 0 Å². The molecule has 0 heterocycles. The summed E-state index contributed by atoms with van der Waals surface area (Å²) in [6.07, 6.45) is 4.08. The van der Waals surface area contributed by atoms with Crippen LogP contribution in [0.1, 0.15) is 33.1 Å². The second-order valence-corrected chi connectivity index (χ2v) is 4.04. The van der Waals surface area contributed by atoms with Gasteiger partial charge in [-0.3, -0.25) is 0 Å². The van der Waals surface area contributed by atoms with E-state index in [1.807, 2.05) is 0 Å². The van der Waals surface area contributed by atoms with Crippen LogP contribution >= 0.6 is 15.6 Å². The first kappa shape index (κ1) is 20.6. The molecular formula is C5H12O8P2-6. The molecular weight excluding hydrogens is 250 g/mol. The highest BCUT2D eigenvalue weighted by atomic mass is 31.2. The number of unbranched alkanes of at least 4 members (excludes halogenated alkanes) is 2. The summed E-state index contributed by atoms with van der Waals surface area (Å²) in [6.45, 7) is 4.42. The van der Waals surface area contributed by atoms with Crippen molar-refractivity contribution >= 4 is 15.6 Å². The Bertz CT molecular complexity index is 167. The van der Waals surface area contributed by atoms with Gasteiger partial charge in [-0.1, -0.05) is 33.1 Å². The van der Waals surface area contributed by atoms with Gasteiger partial charge < -0.3 is 38.5 Å². The Labute approximate surface area is 88.1 Å². The van der Waals surface area contributed by atoms with E-state index < -0.39 is 15.6 Å². The monoisotopic (exact) mass is 262 g/mol. The second-order valence-electron chi connectivity index (χ2n) is 2.25. The maximum atomic E-state index is 8.55. The van der Waals surface area contributed by atoms with Crippen molar-refractivity contribution in [2.75, 3.05) is 0 Å². The number of phosphoric acid groups is 2. The molecule has 0 aliphatic rings. The molecule has 0 aliphatic carbocycles. The molecule has 0 aromatic heterocycles. The predicted octanol–water partition coefficient (Wildman–Crippen LogP) is -3.45. The van der Waals surface area contributed by atoms with E-state index in [1.165, 1.54) is 19.3 Å². The summed E-state index contributed by atoms with van der Waals surface area (Å²) in [5.41, 5.74) is 0. The maximum Gasteiger partial charge on any atom is -0.0538 e. The van der Waals surface area contributed by atoms with E-state index in [-0.39, 0.29) is 0 Å². The zero-order valence-electron chi connectivity index (χ0n) is 8.28. The zero-order valence-corrected chi connectivity index (χ0v) is 10.1. The van der Waals surface area contributed by atoms with Crippen molar-refractivity contribution in [1.29, 1.82) is 0 Å². The Morgan fingerprint density at radius 1 is 0.733 bits per heavy atom. The molecule has 0 radical (unpaired) electrons. The molecule has 0 saturated carbocycles. The van der Waals surface area contributed by atoms with E-state index >= 15 is 0 Å². The van der Waals surface area contributed by atoms with Crippen LogP contribution in [0.3, 0.4) is 0 Å². The van der Waals surface area contributed by atoms with E-state index in [4.69, 9.17) is 38.5 Å². The first-order chi connectivity index (χ1) is 6.41. The van der Waals surface area contributed by atoms with Gasteiger partial charge in [0, 0.05) is 0 Å². The van der Waals surface area contributed by atoms with Crippen molar-refractivity contribution < 1.29 is 38.5 Å². The summed E-state index contributed by atoms with van der Waals surface area (Å²) in [6, 6.07) is 0. The average Bonchev–Trinajstić information content (AvgIpc) is 1.80. The third kappa shape index (κ3) is 431. The van der Waals surface area contributed by atoms with Gasteiger partial charge in [-0.25, -0.2) is 0 Å². The fraction of sp³-hybridized carbons (Fsp3) is 1.00. The summed E-state index contributed by atoms with van der Waals surface area (Å²) in [7, 11) is -10.8. The average molecular weight is 262 g/mol. The third-order valence-corrected chi connectivity index (χ3v) is 0.707. The Kier molecular flexibility index (Phi) is 14.7. The largest absolute Gasteiger partial charge is 0.822 e. The minimum absolute atomic E-state index is 1.34. The van der Waals surface area contributed by atoms with Crippen LogP contribution < -0.4 is 29.4 Å². The van der Waals surface area contributed by atoms with Crippen LogP contribution in [-0.4, -0.2) is 0 Å². The van der Waals surface area contributed by atoms with Crippen LogP contribution in [0.5, 0.6) is 0 Å². The highest BCUT2D eigenvalue weighted by Crippen LogP contribution is 2.03. The van der Waals surface area contributed by atoms with Crippen molar-refractivity contribution in [1.82, 2.24) is 0 Å². The van der Waals surface area contributed by atoms with Crippen molar-refractivity contribution in [3.63, 3.8) is 0 Å². The van der Waals surface area contributed by atoms with Crippen molar-refractivity contribution in [3.05, 3.63) is 0 Å². The molecule has 0 atom stereocenters. The SMILES string of the molecule is CCCCC.O=P([O-])([O-])[O-].O=P([O-])([O-])[O-]. The highest BCUT2D eigenvalue weighted by Gasteiger charge is 1.68. The van der Waals surface area contributed by atoms with Gasteiger partial charge in [0.05, 0.1) is 0 Å². The van der Waals surface area contributed by atoms with Gasteiger partial charge in [-0.2, -0.15) is 15.6 Å². The van der Waals surface area contributed by atoms with E-state index in [2.05, 4.69) is 13.8 Å². The fourth-order valence-corrected chi connectivity index (χ4v) is 0.354. The topological polar surface area (TPSA) is 172 Å². The van der Waals surface area contributed by atoms with Gasteiger partial charge in [0.25, 0.3) is 0 Å². The van der Waals surface area contributed by atoms with Crippen molar-refractivity contribution in [2.24, 2.45) is 0 Å². The van der Waals surface area contributed by atoms with Gasteiger partial charge in [0.1, 0.15) is 0 Å². The molecule has 8 nitrogen and oxygen atoms in total. The third-order valence-electron chi connectivity index (χ3n) is 0.707. The normalized spacial score (nSPS) is 10.7. The van der Waals surface area contributed by atoms with Gasteiger partial charge in [0.15, 0.2) is 0 Å². The predicted molar refractivity (Wildman–Crippen MR) is 40.4 cm³/mol. The van der Waals surface area contributed by atoms with Crippen molar-refractivity contribution in [2.45, 2.75) is 33.1 Å². The first-order valence-corrected chi connectivity index (χ1v) is 6.80. The second kappa shape index (κ2) is 10.7. The molecule has 96 valence electrons. The lowest BCUT2D eigenvalue weighted by Crippen LogP contribution is -2.24. The number of hydrogen-bond donors (Lipinski definition) is 0. The Morgan fingerprint density at radius 2 is 0.867 bits per heavy atom. The van der Waals surface area contributed by atoms with Gasteiger partial charge in [-0.05, 0) is 0 Å². The quantitative estimate of drug-likeness (QED) is 0.461. The van der Waals surface area contributed by atoms with Crippen LogP contribution in [0.15, 0.2) is 0 Å². The summed E-state index contributed by atoms with van der Waals surface area (Å²) < 4.78 is 17.1. The Morgan fingerprint density at radius 3 is 0.867 bits per heavy atom. The minimum Gasteiger partial charge on any atom is -0.822 e. The van der Waals surface area contributed by atoms with Crippen LogP contribution in [0.4, 0.5) is 0 Å². The molecule has 0 rings (SSSR count). The van der Waals surface area contributed by atoms with E-state index in [0.29, 0.717) is 0 Å². The van der Waals surface area contributed by atoms with Crippen LogP contribution in [-0.2, 0) is 9.13 Å². The lowest BCUT2D eigenvalue weighted by atomic mass is 10.3. The molecule has 0 amide bonds. The van der Waals surface area contributed by atoms with Crippen LogP contribution in [0.25, 0.3) is 0 Å². The maximum absolute atomic E-state index is 8.55. The van der Waals surface area contributed by atoms with Crippen LogP contribution in [0.2, 0.25) is 0 Å². The minimum atomic E-state index is -5.39. The summed E-state index contributed by atoms with van der Waals surface area (Å²) >= 11 is 0. The standard InChI is InChI=1S/C5H12.2H3O4P/c1-3-5-4-2;2*1-5(2,3)4/h3-5H2,1-2H3;2*(H3,1,2,3,4)/p-6. The summed E-state index contributed by atoms with van der Waals surface area (Å²) in [4.78, 5) is 51.3. The van der Waals surface area contributed by atoms with E-state index in [1.54, 1.807) is 0 Å². The lowest BCUT2D eigenvalue weighted by molar-refractivity contribution is -0.434. The fourth-order valence-electron chi connectivity index (χ4n) is 0.354. The highest BCUT2D eigenvalue weighted by molar-refractivity contribution is 7.40. The Hall–Kier alpha value is 0.220. The number of rotatable bonds is 2. The van der Waals surface area contributed by atoms with E-state index in [0.717, 1.165) is 0 Å². The molecule has 0 spiro atoms. The Balaban J connectivity index is -0.000000144. The smallest absolute Gasteiger partial charge is 0.0538 e. The molecule has 0 aliphatic heterocycles. The van der Waals surface area contributed by atoms with E-state index in [9.17, 15) is 0 Å². The van der Waals surface area contributed by atoms with Crippen molar-refractivity contribution in [3.8, 4) is 0 Å². The number of hydrogen-bond acceptors (Lipinski definition) is 8. The molecule has 10 heteroatoms.